The highest BCUT2D eigenvalue weighted by molar-refractivity contribution is 5.97. The predicted molar refractivity (Wildman–Crippen MR) is 102 cm³/mol. The lowest BCUT2D eigenvalue weighted by atomic mass is 10.1. The summed E-state index contributed by atoms with van der Waals surface area (Å²) in [6.07, 6.45) is 4.27. The smallest absolute Gasteiger partial charge is 0.289 e. The zero-order valence-corrected chi connectivity index (χ0v) is 16.1. The lowest BCUT2D eigenvalue weighted by molar-refractivity contribution is 0.0688. The number of hydrogen-bond donors (Lipinski definition) is 1. The monoisotopic (exact) mass is 384 g/mol. The number of carbonyl (C=O) groups is 2. The van der Waals surface area contributed by atoms with E-state index in [-0.39, 0.29) is 18.4 Å². The van der Waals surface area contributed by atoms with E-state index in [4.69, 9.17) is 9.47 Å². The zero-order chi connectivity index (χ0) is 19.7. The van der Waals surface area contributed by atoms with Gasteiger partial charge in [0.2, 0.25) is 0 Å². The Labute approximate surface area is 163 Å². The highest BCUT2D eigenvalue weighted by Crippen LogP contribution is 2.30. The molecule has 1 aliphatic carbocycles. The molecule has 0 bridgehead atoms. The number of hydrogen-bond acceptors (Lipinski definition) is 5. The third-order valence-electron chi connectivity index (χ3n) is 5.17. The molecule has 0 spiro atoms. The van der Waals surface area contributed by atoms with Crippen LogP contribution in [0.5, 0.6) is 11.5 Å². The van der Waals surface area contributed by atoms with Gasteiger partial charge in [0.05, 0.1) is 32.0 Å². The van der Waals surface area contributed by atoms with Gasteiger partial charge in [-0.25, -0.2) is 4.98 Å². The summed E-state index contributed by atoms with van der Waals surface area (Å²) in [6.45, 7) is 2.52. The van der Waals surface area contributed by atoms with E-state index in [0.717, 1.165) is 13.1 Å². The van der Waals surface area contributed by atoms with Gasteiger partial charge in [0.25, 0.3) is 11.8 Å². The summed E-state index contributed by atoms with van der Waals surface area (Å²) in [5.41, 5.74) is 1.08. The second kappa shape index (κ2) is 7.53. The van der Waals surface area contributed by atoms with E-state index in [0.29, 0.717) is 41.0 Å². The molecule has 1 N–H and O–H groups in total. The van der Waals surface area contributed by atoms with Crippen LogP contribution in [0.15, 0.2) is 24.4 Å². The Kier molecular flexibility index (Phi) is 4.93. The van der Waals surface area contributed by atoms with Crippen molar-refractivity contribution in [3.8, 4) is 11.5 Å². The molecule has 2 heterocycles. The minimum atomic E-state index is -0.271. The van der Waals surface area contributed by atoms with E-state index in [2.05, 4.69) is 10.3 Å². The number of nitrogens with zero attached hydrogens (tertiary/aromatic N) is 3. The topological polar surface area (TPSA) is 85.7 Å². The van der Waals surface area contributed by atoms with Gasteiger partial charge in [-0.1, -0.05) is 0 Å². The van der Waals surface area contributed by atoms with Crippen molar-refractivity contribution in [2.45, 2.75) is 25.9 Å². The molecule has 0 unspecified atom stereocenters. The zero-order valence-electron chi connectivity index (χ0n) is 16.1. The minimum absolute atomic E-state index is 0.0208. The molecule has 0 atom stereocenters. The second-order valence-electron chi connectivity index (χ2n) is 7.19. The maximum atomic E-state index is 12.6. The molecule has 1 saturated carbocycles. The van der Waals surface area contributed by atoms with Crippen LogP contribution in [0, 0.1) is 5.92 Å². The van der Waals surface area contributed by atoms with Crippen molar-refractivity contribution < 1.29 is 19.1 Å². The van der Waals surface area contributed by atoms with Crippen molar-refractivity contribution in [3.05, 3.63) is 41.5 Å². The number of amides is 2. The predicted octanol–water partition coefficient (Wildman–Crippen LogP) is 1.70. The number of imidazole rings is 1. The van der Waals surface area contributed by atoms with Crippen molar-refractivity contribution in [3.63, 3.8) is 0 Å². The van der Waals surface area contributed by atoms with E-state index in [1.807, 2.05) is 15.7 Å². The number of benzene rings is 1. The van der Waals surface area contributed by atoms with Crippen LogP contribution in [0.3, 0.4) is 0 Å². The molecular weight excluding hydrogens is 360 g/mol. The van der Waals surface area contributed by atoms with Crippen LogP contribution in [0.25, 0.3) is 0 Å². The van der Waals surface area contributed by atoms with Gasteiger partial charge in [-0.2, -0.15) is 0 Å². The van der Waals surface area contributed by atoms with Crippen LogP contribution in [0.1, 0.15) is 39.5 Å². The van der Waals surface area contributed by atoms with Gasteiger partial charge in [-0.3, -0.25) is 9.59 Å². The Bertz CT molecular complexity index is 904. The van der Waals surface area contributed by atoms with E-state index in [1.165, 1.54) is 20.0 Å². The van der Waals surface area contributed by atoms with Crippen molar-refractivity contribution in [2.24, 2.45) is 5.92 Å². The van der Waals surface area contributed by atoms with Gasteiger partial charge >= 0.3 is 0 Å². The first-order chi connectivity index (χ1) is 13.6. The molecule has 148 valence electrons. The maximum Gasteiger partial charge on any atom is 0.289 e. The Morgan fingerprint density at radius 1 is 1.25 bits per heavy atom. The lowest BCUT2D eigenvalue weighted by Crippen LogP contribution is -2.41. The molecule has 2 aliphatic rings. The van der Waals surface area contributed by atoms with Crippen LogP contribution >= 0.6 is 0 Å². The van der Waals surface area contributed by atoms with E-state index >= 15 is 0 Å². The molecule has 2 aromatic rings. The quantitative estimate of drug-likeness (QED) is 0.785. The largest absolute Gasteiger partial charge is 0.497 e. The summed E-state index contributed by atoms with van der Waals surface area (Å²) in [4.78, 5) is 31.5. The first-order valence-electron chi connectivity index (χ1n) is 9.44. The molecular formula is C20H24N4O4. The molecule has 0 saturated heterocycles. The first kappa shape index (κ1) is 18.3. The first-order valence-corrected chi connectivity index (χ1v) is 9.44. The summed E-state index contributed by atoms with van der Waals surface area (Å²) < 4.78 is 12.3. The number of fused-ring (bicyclic) bond motifs is 1. The SMILES string of the molecule is COc1ccc(C(=O)NCc2cn3c(n2)C(=O)N(CC2CC2)CC3)c(OC)c1. The average molecular weight is 384 g/mol. The maximum absolute atomic E-state index is 12.6. The summed E-state index contributed by atoms with van der Waals surface area (Å²) in [5.74, 6) is 1.87. The molecule has 8 nitrogen and oxygen atoms in total. The summed E-state index contributed by atoms with van der Waals surface area (Å²) >= 11 is 0. The average Bonchev–Trinajstić information content (AvgIpc) is 3.44. The van der Waals surface area contributed by atoms with Gasteiger partial charge in [0, 0.05) is 31.9 Å². The minimum Gasteiger partial charge on any atom is -0.497 e. The number of nitrogens with one attached hydrogen (secondary N) is 1. The number of carbonyl (C=O) groups excluding carboxylic acids is 2. The van der Waals surface area contributed by atoms with Gasteiger partial charge in [-0.05, 0) is 30.9 Å². The van der Waals surface area contributed by atoms with Crippen LogP contribution in [0.2, 0.25) is 0 Å². The fourth-order valence-electron chi connectivity index (χ4n) is 3.41. The molecule has 1 aromatic heterocycles. The standard InChI is InChI=1S/C20H24N4O4/c1-27-15-5-6-16(17(9-15)28-2)19(25)21-10-14-12-23-7-8-24(11-13-3-4-13)20(26)18(23)22-14/h5-6,9,12-13H,3-4,7-8,10-11H2,1-2H3,(H,21,25). The normalized spacial score (nSPS) is 15.9. The van der Waals surface area contributed by atoms with Gasteiger partial charge in [-0.15, -0.1) is 0 Å². The molecule has 1 aliphatic heterocycles. The van der Waals surface area contributed by atoms with Crippen LogP contribution in [0.4, 0.5) is 0 Å². The van der Waals surface area contributed by atoms with Crippen LogP contribution < -0.4 is 14.8 Å². The van der Waals surface area contributed by atoms with E-state index in [1.54, 1.807) is 25.3 Å². The molecule has 0 radical (unpaired) electrons. The van der Waals surface area contributed by atoms with Crippen LogP contribution in [-0.2, 0) is 13.1 Å². The number of ether oxygens (including phenoxy) is 2. The molecule has 28 heavy (non-hydrogen) atoms. The lowest BCUT2D eigenvalue weighted by Gasteiger charge is -2.27. The Balaban J connectivity index is 1.42. The second-order valence-corrected chi connectivity index (χ2v) is 7.19. The molecule has 4 rings (SSSR count). The summed E-state index contributed by atoms with van der Waals surface area (Å²) in [5, 5.41) is 2.84. The number of methoxy groups -OCH3 is 2. The van der Waals surface area contributed by atoms with Gasteiger partial charge in [0.1, 0.15) is 11.5 Å². The van der Waals surface area contributed by atoms with Gasteiger partial charge < -0.3 is 24.3 Å². The Hall–Kier alpha value is -3.03. The highest BCUT2D eigenvalue weighted by Gasteiger charge is 2.32. The molecule has 1 fully saturated rings. The Morgan fingerprint density at radius 2 is 2.07 bits per heavy atom. The fraction of sp³-hybridized carbons (Fsp3) is 0.450. The summed E-state index contributed by atoms with van der Waals surface area (Å²) in [7, 11) is 3.07. The number of rotatable bonds is 7. The third-order valence-corrected chi connectivity index (χ3v) is 5.17. The molecule has 1 aromatic carbocycles. The van der Waals surface area contributed by atoms with E-state index < -0.39 is 0 Å². The third kappa shape index (κ3) is 3.67. The van der Waals surface area contributed by atoms with Crippen molar-refractivity contribution in [2.75, 3.05) is 27.3 Å². The Morgan fingerprint density at radius 3 is 2.79 bits per heavy atom. The summed E-state index contributed by atoms with van der Waals surface area (Å²) in [6, 6.07) is 5.03. The van der Waals surface area contributed by atoms with E-state index in [9.17, 15) is 9.59 Å². The molecule has 8 heteroatoms. The highest BCUT2D eigenvalue weighted by atomic mass is 16.5. The van der Waals surface area contributed by atoms with Crippen LogP contribution in [-0.4, -0.2) is 53.6 Å². The van der Waals surface area contributed by atoms with Crippen molar-refractivity contribution in [1.29, 1.82) is 0 Å². The fourth-order valence-corrected chi connectivity index (χ4v) is 3.41. The number of aromatic nitrogens is 2. The van der Waals surface area contributed by atoms with Crippen molar-refractivity contribution in [1.82, 2.24) is 19.8 Å². The van der Waals surface area contributed by atoms with Crippen molar-refractivity contribution >= 4 is 11.8 Å². The molecule has 2 amide bonds. The van der Waals surface area contributed by atoms with Gasteiger partial charge in [0.15, 0.2) is 5.82 Å².